The molecule has 0 bridgehead atoms. The fourth-order valence-corrected chi connectivity index (χ4v) is 6.32. The maximum absolute atomic E-state index is 14.2. The van der Waals surface area contributed by atoms with Crippen LogP contribution in [-0.2, 0) is 19.2 Å². The predicted octanol–water partition coefficient (Wildman–Crippen LogP) is 0.582. The van der Waals surface area contributed by atoms with Gasteiger partial charge < -0.3 is 10.7 Å². The molecule has 27 heteroatoms. The van der Waals surface area contributed by atoms with E-state index in [0.717, 1.165) is 24.2 Å². The Bertz CT molecular complexity index is 1520. The Hall–Kier alpha value is -5.93. The van der Waals surface area contributed by atoms with Gasteiger partial charge in [0, 0.05) is 52.4 Å². The second kappa shape index (κ2) is 18.0. The van der Waals surface area contributed by atoms with Crippen molar-refractivity contribution in [3.63, 3.8) is 0 Å². The quantitative estimate of drug-likeness (QED) is 0.0295. The van der Waals surface area contributed by atoms with E-state index in [2.05, 4.69) is 50.4 Å². The number of nitrogens with two attached hydrogens (primary N) is 4. The lowest BCUT2D eigenvalue weighted by Gasteiger charge is -2.38. The first kappa shape index (κ1) is 38.5. The number of piperidine rings is 1. The summed E-state index contributed by atoms with van der Waals surface area (Å²) in [4.78, 5) is 79.0. The van der Waals surface area contributed by atoms with Crippen LogP contribution in [-0.4, -0.2) is 106 Å². The van der Waals surface area contributed by atoms with Crippen LogP contribution in [0.25, 0.3) is 41.8 Å². The number of nitrogens with zero attached hydrogens (tertiary/aromatic N) is 18. The van der Waals surface area contributed by atoms with Gasteiger partial charge in [-0.3, -0.25) is 29.2 Å². The highest BCUT2D eigenvalue weighted by atomic mass is 16.2. The molecule has 2 unspecified atom stereocenters. The highest BCUT2D eigenvalue weighted by Gasteiger charge is 2.65. The largest absolute Gasteiger partial charge is 0.349 e. The summed E-state index contributed by atoms with van der Waals surface area (Å²) in [5.74, 6) is 17.7. The van der Waals surface area contributed by atoms with Crippen molar-refractivity contribution in [3.8, 4) is 0 Å². The molecule has 1 saturated heterocycles. The zero-order chi connectivity index (χ0) is 37.0. The lowest BCUT2D eigenvalue weighted by molar-refractivity contribution is -0.153. The number of urea groups is 1. The Morgan fingerprint density at radius 3 is 2.00 bits per heavy atom. The number of Topliss-reactive ketones (excluding diaryl/α,β-unsaturated/α-hetero) is 1. The number of hydrogen-bond donors (Lipinski definition) is 4. The number of ketones is 1. The minimum atomic E-state index is -1.60. The molecule has 27 nitrogen and oxygen atoms in total. The normalized spacial score (nSPS) is 22.1. The molecule has 2 aliphatic carbocycles. The Balaban J connectivity index is 1.97. The molecule has 3 fully saturated rings. The molecule has 0 radical (unpaired) electrons. The molecule has 3 aliphatic rings. The first-order valence-electron chi connectivity index (χ1n) is 15.2. The van der Waals surface area contributed by atoms with Crippen LogP contribution < -0.4 is 23.4 Å². The third-order valence-electron chi connectivity index (χ3n) is 9.16. The fraction of sp³-hybridized carbons (Fsp3) is 0.783. The van der Waals surface area contributed by atoms with Crippen LogP contribution in [0.2, 0.25) is 0 Å². The summed E-state index contributed by atoms with van der Waals surface area (Å²) in [5, 5.41) is 21.1. The van der Waals surface area contributed by atoms with Crippen molar-refractivity contribution in [3.05, 3.63) is 41.8 Å². The molecule has 0 aromatic carbocycles. The maximum atomic E-state index is 14.2. The number of hydrazine groups is 3. The Kier molecular flexibility index (Phi) is 13.9. The lowest BCUT2D eigenvalue weighted by Crippen LogP contribution is -2.64. The molecule has 1 heterocycles. The summed E-state index contributed by atoms with van der Waals surface area (Å²) in [6, 6.07) is -6.81. The van der Waals surface area contributed by atoms with E-state index in [1.54, 1.807) is 0 Å². The van der Waals surface area contributed by atoms with Crippen molar-refractivity contribution in [2.75, 3.05) is 32.7 Å². The van der Waals surface area contributed by atoms with Crippen LogP contribution >= 0.6 is 0 Å². The Morgan fingerprint density at radius 2 is 1.46 bits per heavy atom. The molecule has 2 saturated carbocycles. The molecule has 268 valence electrons. The van der Waals surface area contributed by atoms with Gasteiger partial charge in [0.05, 0.1) is 6.04 Å². The van der Waals surface area contributed by atoms with Crippen LogP contribution in [0.4, 0.5) is 4.79 Å². The lowest BCUT2D eigenvalue weighted by atomic mass is 9.80. The third-order valence-corrected chi connectivity index (χ3v) is 9.16. The number of fused-ring (bicyclic) bond motifs is 1. The minimum absolute atomic E-state index is 0.0102. The summed E-state index contributed by atoms with van der Waals surface area (Å²) in [6.07, 6.45) is 2.01. The number of likely N-dealkylation sites (tertiary alicyclic amines) is 1. The van der Waals surface area contributed by atoms with E-state index in [-0.39, 0.29) is 50.2 Å². The summed E-state index contributed by atoms with van der Waals surface area (Å²) in [5.41, 5.74) is 35.2. The van der Waals surface area contributed by atoms with Gasteiger partial charge in [0.25, 0.3) is 5.91 Å². The van der Waals surface area contributed by atoms with Gasteiger partial charge in [0.15, 0.2) is 0 Å². The second-order valence-electron chi connectivity index (χ2n) is 11.8. The number of azide groups is 4. The smallest absolute Gasteiger partial charge is 0.328 e. The van der Waals surface area contributed by atoms with Crippen molar-refractivity contribution in [2.24, 2.45) is 77.8 Å². The van der Waals surface area contributed by atoms with Crippen molar-refractivity contribution in [1.82, 2.24) is 19.9 Å². The van der Waals surface area contributed by atoms with Gasteiger partial charge in [-0.1, -0.05) is 50.1 Å². The van der Waals surface area contributed by atoms with Gasteiger partial charge in [-0.25, -0.2) is 27.3 Å². The highest BCUT2D eigenvalue weighted by Crippen LogP contribution is 2.56. The first-order chi connectivity index (χ1) is 24.0. The van der Waals surface area contributed by atoms with Crippen LogP contribution in [0, 0.1) is 23.7 Å². The molecule has 0 spiro atoms. The maximum Gasteiger partial charge on any atom is 0.349 e. The monoisotopic (exact) mass is 700 g/mol. The molecule has 8 N–H and O–H groups in total. The zero-order valence-electron chi connectivity index (χ0n) is 26.6. The molecule has 5 amide bonds. The van der Waals surface area contributed by atoms with Crippen LogP contribution in [0.15, 0.2) is 30.8 Å². The summed E-state index contributed by atoms with van der Waals surface area (Å²) < 4.78 is 0. The summed E-state index contributed by atoms with van der Waals surface area (Å²) in [7, 11) is 0. The van der Waals surface area contributed by atoms with Gasteiger partial charge in [0.1, 0.15) is 18.1 Å². The van der Waals surface area contributed by atoms with Gasteiger partial charge >= 0.3 is 11.9 Å². The van der Waals surface area contributed by atoms with E-state index in [1.807, 2.05) is 0 Å². The molecular weight excluding hydrogens is 664 g/mol. The average Bonchev–Trinajstić information content (AvgIpc) is 3.61. The Morgan fingerprint density at radius 1 is 0.840 bits per heavy atom. The number of carbonyl (C=O) groups excluding carboxylic acids is 5. The van der Waals surface area contributed by atoms with E-state index in [0.29, 0.717) is 15.0 Å². The third kappa shape index (κ3) is 8.75. The van der Waals surface area contributed by atoms with Gasteiger partial charge in [0.2, 0.25) is 11.7 Å². The SMILES string of the molecule is [N-]=[N+]=NCC[C@@H](C(=O)N1C[C@@H]2C(CN=[N+]=[N-])[C@@H]2[C@H]1C(=O)N(N)C(CC1CCC1)C(=O)C(=O)N=NN)N(N)C(=O)N(N)C(CN=[N+]=[N-])CN=[N+]=[N-]. The van der Waals surface area contributed by atoms with Crippen LogP contribution in [0.5, 0.6) is 0 Å². The van der Waals surface area contributed by atoms with E-state index in [1.165, 1.54) is 0 Å². The molecule has 0 aromatic rings. The van der Waals surface area contributed by atoms with Gasteiger partial charge in [-0.15, -0.1) is 0 Å². The zero-order valence-corrected chi connectivity index (χ0v) is 26.6. The molecular formula is C23H36N22O5. The first-order valence-corrected chi connectivity index (χ1v) is 15.2. The molecule has 50 heavy (non-hydrogen) atoms. The van der Waals surface area contributed by atoms with Crippen LogP contribution in [0.1, 0.15) is 32.1 Å². The van der Waals surface area contributed by atoms with Gasteiger partial charge in [-0.05, 0) is 58.6 Å². The van der Waals surface area contributed by atoms with Crippen LogP contribution in [0.3, 0.4) is 0 Å². The second-order valence-corrected chi connectivity index (χ2v) is 11.8. The predicted molar refractivity (Wildman–Crippen MR) is 168 cm³/mol. The van der Waals surface area contributed by atoms with Gasteiger partial charge in [-0.2, -0.15) is 0 Å². The number of hydrogen-bond acceptors (Lipinski definition) is 13. The van der Waals surface area contributed by atoms with Crippen molar-refractivity contribution in [1.29, 1.82) is 0 Å². The molecule has 6 atom stereocenters. The van der Waals surface area contributed by atoms with E-state index < -0.39 is 72.7 Å². The molecule has 3 rings (SSSR count). The van der Waals surface area contributed by atoms with Crippen molar-refractivity contribution < 1.29 is 24.0 Å². The van der Waals surface area contributed by atoms with Crippen molar-refractivity contribution in [2.45, 2.75) is 56.3 Å². The highest BCUT2D eigenvalue weighted by molar-refractivity contribution is 6.38. The summed E-state index contributed by atoms with van der Waals surface area (Å²) in [6.45, 7) is -1.28. The number of amides is 5. The standard InChI is InChI=1S/C23H36N22O5/c24-37-32-5-4-15(45(31)23(50)43(29)12(7-33-38-25)8-34-39-26)21(48)42-10-14-13(9-35-40-27)17(14)18(42)22(49)44(30)16(6-11-2-1-3-11)19(46)20(47)36-41-28/h11-18H,1-10,29-31H2,(H2,28,36,47)/t13?,14-,15+,16?,17+,18+/m1/s1. The Labute approximate surface area is 282 Å². The minimum Gasteiger partial charge on any atom is -0.328 e. The van der Waals surface area contributed by atoms with E-state index in [9.17, 15) is 24.0 Å². The topological polar surface area (TPSA) is 422 Å². The molecule has 0 aromatic heterocycles. The van der Waals surface area contributed by atoms with E-state index >= 15 is 0 Å². The average molecular weight is 701 g/mol. The number of carbonyl (C=O) groups is 5. The number of rotatable bonds is 18. The van der Waals surface area contributed by atoms with E-state index in [4.69, 9.17) is 45.5 Å². The summed E-state index contributed by atoms with van der Waals surface area (Å²) >= 11 is 0. The molecule has 1 aliphatic heterocycles. The van der Waals surface area contributed by atoms with Crippen molar-refractivity contribution >= 4 is 29.5 Å². The fourth-order valence-electron chi connectivity index (χ4n) is 6.32.